The van der Waals surface area contributed by atoms with E-state index in [1.807, 2.05) is 20.8 Å². The molecule has 1 heterocycles. The van der Waals surface area contributed by atoms with Gasteiger partial charge in [-0.2, -0.15) is 0 Å². The number of rotatable bonds is 6. The molecule has 0 atom stereocenters. The third-order valence-corrected chi connectivity index (χ3v) is 3.95. The van der Waals surface area contributed by atoms with Crippen LogP contribution in [-0.2, 0) is 13.1 Å². The Morgan fingerprint density at radius 3 is 2.50 bits per heavy atom. The maximum absolute atomic E-state index is 5.61. The first-order valence-corrected chi connectivity index (χ1v) is 8.62. The number of guanidine groups is 1. The van der Waals surface area contributed by atoms with E-state index in [0.29, 0.717) is 19.0 Å². The van der Waals surface area contributed by atoms with Gasteiger partial charge in [-0.3, -0.25) is 0 Å². The number of nitrogens with zero attached hydrogens (tertiary/aromatic N) is 3. The number of hydrogen-bond donors (Lipinski definition) is 2. The van der Waals surface area contributed by atoms with E-state index in [0.717, 1.165) is 24.0 Å². The number of aliphatic imine (C=N–C) groups is 1. The zero-order valence-electron chi connectivity index (χ0n) is 16.5. The standard InChI is InChI=1S/C19H29N5O.HI/c1-7-20-19(22-12-18-23-14(3)15(4)25-18)21-11-16-9-8-13(2)10-17(16)24(5)6;/h8-10H,7,11-12H2,1-6H3,(H2,20,21,22);1H. The van der Waals surface area contributed by atoms with Gasteiger partial charge >= 0.3 is 0 Å². The summed E-state index contributed by atoms with van der Waals surface area (Å²) in [4.78, 5) is 11.2. The van der Waals surface area contributed by atoms with Crippen LogP contribution in [0.2, 0.25) is 0 Å². The molecule has 2 aromatic rings. The van der Waals surface area contributed by atoms with Crippen molar-refractivity contribution in [3.05, 3.63) is 46.7 Å². The van der Waals surface area contributed by atoms with Gasteiger partial charge in [0.05, 0.1) is 18.8 Å². The van der Waals surface area contributed by atoms with Gasteiger partial charge in [-0.05, 0) is 44.9 Å². The average Bonchev–Trinajstić information content (AvgIpc) is 2.89. The first kappa shape index (κ1) is 22.3. The van der Waals surface area contributed by atoms with Crippen LogP contribution >= 0.6 is 24.0 Å². The van der Waals surface area contributed by atoms with Crippen molar-refractivity contribution in [2.75, 3.05) is 25.5 Å². The van der Waals surface area contributed by atoms with Crippen LogP contribution < -0.4 is 15.5 Å². The zero-order chi connectivity index (χ0) is 18.4. The lowest BCUT2D eigenvalue weighted by atomic mass is 10.1. The molecule has 0 saturated carbocycles. The second-order valence-corrected chi connectivity index (χ2v) is 6.32. The number of oxazole rings is 1. The number of benzene rings is 1. The molecule has 0 spiro atoms. The van der Waals surface area contributed by atoms with Crippen molar-refractivity contribution in [2.45, 2.75) is 40.8 Å². The van der Waals surface area contributed by atoms with Crippen LogP contribution in [0.1, 0.15) is 35.4 Å². The molecule has 0 bridgehead atoms. The highest BCUT2D eigenvalue weighted by atomic mass is 127. The van der Waals surface area contributed by atoms with E-state index >= 15 is 0 Å². The molecule has 0 saturated heterocycles. The summed E-state index contributed by atoms with van der Waals surface area (Å²) in [6, 6.07) is 6.44. The third-order valence-electron chi connectivity index (χ3n) is 3.95. The van der Waals surface area contributed by atoms with Crippen LogP contribution in [-0.4, -0.2) is 31.6 Å². The Hall–Kier alpha value is -1.77. The van der Waals surface area contributed by atoms with Crippen molar-refractivity contribution in [2.24, 2.45) is 4.99 Å². The van der Waals surface area contributed by atoms with Crippen molar-refractivity contribution in [3.8, 4) is 0 Å². The van der Waals surface area contributed by atoms with Gasteiger partial charge < -0.3 is 20.0 Å². The van der Waals surface area contributed by atoms with Crippen molar-refractivity contribution in [1.29, 1.82) is 0 Å². The Kier molecular flexibility index (Phi) is 8.91. The molecular formula is C19H30IN5O. The van der Waals surface area contributed by atoms with Gasteiger partial charge in [-0.15, -0.1) is 24.0 Å². The largest absolute Gasteiger partial charge is 0.444 e. The second-order valence-electron chi connectivity index (χ2n) is 6.32. The number of aryl methyl sites for hydroxylation is 3. The van der Waals surface area contributed by atoms with Gasteiger partial charge in [0, 0.05) is 26.3 Å². The van der Waals surface area contributed by atoms with Crippen LogP contribution in [0, 0.1) is 20.8 Å². The number of aromatic nitrogens is 1. The van der Waals surface area contributed by atoms with Gasteiger partial charge in [0.15, 0.2) is 5.96 Å². The Morgan fingerprint density at radius 1 is 1.19 bits per heavy atom. The zero-order valence-corrected chi connectivity index (χ0v) is 18.8. The smallest absolute Gasteiger partial charge is 0.214 e. The van der Waals surface area contributed by atoms with E-state index in [2.05, 4.69) is 59.7 Å². The molecule has 144 valence electrons. The van der Waals surface area contributed by atoms with Crippen molar-refractivity contribution in [1.82, 2.24) is 15.6 Å². The molecule has 7 heteroatoms. The minimum Gasteiger partial charge on any atom is -0.444 e. The van der Waals surface area contributed by atoms with E-state index in [-0.39, 0.29) is 24.0 Å². The van der Waals surface area contributed by atoms with Crippen molar-refractivity contribution < 1.29 is 4.42 Å². The fourth-order valence-corrected chi connectivity index (χ4v) is 2.50. The highest BCUT2D eigenvalue weighted by Crippen LogP contribution is 2.21. The Balaban J connectivity index is 0.00000338. The highest BCUT2D eigenvalue weighted by molar-refractivity contribution is 14.0. The van der Waals surface area contributed by atoms with E-state index in [9.17, 15) is 0 Å². The van der Waals surface area contributed by atoms with Gasteiger partial charge in [0.25, 0.3) is 0 Å². The van der Waals surface area contributed by atoms with E-state index < -0.39 is 0 Å². The van der Waals surface area contributed by atoms with E-state index in [4.69, 9.17) is 9.41 Å². The molecule has 0 fully saturated rings. The van der Waals surface area contributed by atoms with Gasteiger partial charge in [-0.1, -0.05) is 12.1 Å². The molecule has 26 heavy (non-hydrogen) atoms. The maximum atomic E-state index is 5.61. The summed E-state index contributed by atoms with van der Waals surface area (Å²) in [6.07, 6.45) is 0. The highest BCUT2D eigenvalue weighted by Gasteiger charge is 2.08. The molecule has 0 radical (unpaired) electrons. The molecule has 0 aliphatic heterocycles. The fourth-order valence-electron chi connectivity index (χ4n) is 2.50. The summed E-state index contributed by atoms with van der Waals surface area (Å²) < 4.78 is 5.61. The summed E-state index contributed by atoms with van der Waals surface area (Å²) in [5.41, 5.74) is 4.55. The molecule has 6 nitrogen and oxygen atoms in total. The van der Waals surface area contributed by atoms with Crippen LogP contribution in [0.25, 0.3) is 0 Å². The summed E-state index contributed by atoms with van der Waals surface area (Å²) in [7, 11) is 4.11. The predicted molar refractivity (Wildman–Crippen MR) is 119 cm³/mol. The average molecular weight is 471 g/mol. The molecule has 0 unspecified atom stereocenters. The molecule has 2 N–H and O–H groups in total. The van der Waals surface area contributed by atoms with E-state index in [1.54, 1.807) is 0 Å². The lowest BCUT2D eigenvalue weighted by Gasteiger charge is -2.18. The lowest BCUT2D eigenvalue weighted by molar-refractivity contribution is 0.463. The summed E-state index contributed by atoms with van der Waals surface area (Å²) in [5.74, 6) is 2.28. The first-order valence-electron chi connectivity index (χ1n) is 8.62. The normalized spacial score (nSPS) is 11.1. The number of halogens is 1. The lowest BCUT2D eigenvalue weighted by Crippen LogP contribution is -2.36. The van der Waals surface area contributed by atoms with Crippen LogP contribution in [0.5, 0.6) is 0 Å². The molecule has 1 aromatic heterocycles. The molecule has 0 aliphatic rings. The SMILES string of the molecule is CCNC(=NCc1ccc(C)cc1N(C)C)NCc1nc(C)c(C)o1.I. The molecule has 2 rings (SSSR count). The second kappa shape index (κ2) is 10.4. The molecule has 0 aliphatic carbocycles. The maximum Gasteiger partial charge on any atom is 0.214 e. The van der Waals surface area contributed by atoms with Crippen LogP contribution in [0.3, 0.4) is 0 Å². The Labute approximate surface area is 173 Å². The minimum absolute atomic E-state index is 0. The predicted octanol–water partition coefficient (Wildman–Crippen LogP) is 3.54. The van der Waals surface area contributed by atoms with Gasteiger partial charge in [0.1, 0.15) is 5.76 Å². The quantitative estimate of drug-likeness (QED) is 0.384. The third kappa shape index (κ3) is 6.19. The topological polar surface area (TPSA) is 65.7 Å². The Morgan fingerprint density at radius 2 is 1.92 bits per heavy atom. The van der Waals surface area contributed by atoms with Gasteiger partial charge in [-0.25, -0.2) is 9.98 Å². The number of nitrogens with one attached hydrogen (secondary N) is 2. The van der Waals surface area contributed by atoms with Crippen LogP contribution in [0.15, 0.2) is 27.6 Å². The number of hydrogen-bond acceptors (Lipinski definition) is 4. The molecular weight excluding hydrogens is 441 g/mol. The van der Waals surface area contributed by atoms with Crippen LogP contribution in [0.4, 0.5) is 5.69 Å². The summed E-state index contributed by atoms with van der Waals surface area (Å²) in [6.45, 7) is 9.93. The molecule has 1 aromatic carbocycles. The summed E-state index contributed by atoms with van der Waals surface area (Å²) >= 11 is 0. The number of anilines is 1. The summed E-state index contributed by atoms with van der Waals surface area (Å²) in [5, 5.41) is 6.54. The van der Waals surface area contributed by atoms with E-state index in [1.165, 1.54) is 16.8 Å². The van der Waals surface area contributed by atoms with Crippen molar-refractivity contribution >= 4 is 35.6 Å². The first-order chi connectivity index (χ1) is 11.9. The monoisotopic (exact) mass is 471 g/mol. The minimum atomic E-state index is 0. The molecule has 0 amide bonds. The Bertz CT molecular complexity index is 720. The van der Waals surface area contributed by atoms with Crippen molar-refractivity contribution in [3.63, 3.8) is 0 Å². The fraction of sp³-hybridized carbons (Fsp3) is 0.474. The van der Waals surface area contributed by atoms with Gasteiger partial charge in [0.2, 0.25) is 5.89 Å².